The first-order chi connectivity index (χ1) is 10.3. The summed E-state index contributed by atoms with van der Waals surface area (Å²) in [7, 11) is 1.62. The summed E-state index contributed by atoms with van der Waals surface area (Å²) in [5.41, 5.74) is 2.56. The number of hydrogen-bond donors (Lipinski definition) is 1. The predicted octanol–water partition coefficient (Wildman–Crippen LogP) is 2.59. The van der Waals surface area contributed by atoms with Crippen molar-refractivity contribution >= 4 is 16.7 Å². The molecule has 3 aromatic rings. The van der Waals surface area contributed by atoms with Crippen LogP contribution in [0.4, 0.5) is 0 Å². The molecular weight excluding hydrogens is 262 g/mol. The first kappa shape index (κ1) is 13.2. The number of hydrogen-bond acceptors (Lipinski definition) is 3. The number of benzene rings is 2. The number of rotatable bonds is 3. The van der Waals surface area contributed by atoms with E-state index >= 15 is 0 Å². The number of aromatic nitrogens is 2. The van der Waals surface area contributed by atoms with Crippen molar-refractivity contribution in [1.82, 2.24) is 15.5 Å². The van der Waals surface area contributed by atoms with Crippen molar-refractivity contribution in [2.45, 2.75) is 6.42 Å². The molecule has 4 heteroatoms. The van der Waals surface area contributed by atoms with Gasteiger partial charge in [0.1, 0.15) is 5.69 Å². The van der Waals surface area contributed by atoms with Crippen LogP contribution < -0.4 is 5.32 Å². The molecule has 104 valence electrons. The molecular formula is C17H15N3O. The Morgan fingerprint density at radius 3 is 2.33 bits per heavy atom. The van der Waals surface area contributed by atoms with Crippen LogP contribution in [0.3, 0.4) is 0 Å². The summed E-state index contributed by atoms with van der Waals surface area (Å²) in [4.78, 5) is 11.6. The minimum atomic E-state index is -0.0677. The molecule has 3 rings (SSSR count). The molecule has 1 aromatic heterocycles. The SMILES string of the molecule is CNC(=O)Cc1nnc(-c2ccccc2)c2ccccc12. The topological polar surface area (TPSA) is 54.9 Å². The summed E-state index contributed by atoms with van der Waals surface area (Å²) in [5, 5.41) is 13.2. The Morgan fingerprint density at radius 1 is 0.952 bits per heavy atom. The van der Waals surface area contributed by atoms with E-state index in [1.165, 1.54) is 0 Å². The minimum absolute atomic E-state index is 0.0677. The van der Waals surface area contributed by atoms with Crippen LogP contribution in [0.2, 0.25) is 0 Å². The summed E-state index contributed by atoms with van der Waals surface area (Å²) in [6, 6.07) is 17.9. The number of likely N-dealkylation sites (N-methyl/N-ethyl adjacent to an activating group) is 1. The highest BCUT2D eigenvalue weighted by atomic mass is 16.1. The number of carbonyl (C=O) groups excluding carboxylic acids is 1. The number of fused-ring (bicyclic) bond motifs is 1. The van der Waals surface area contributed by atoms with Crippen LogP contribution in [-0.2, 0) is 11.2 Å². The maximum atomic E-state index is 11.6. The van der Waals surface area contributed by atoms with Gasteiger partial charge in [-0.15, -0.1) is 5.10 Å². The van der Waals surface area contributed by atoms with E-state index in [1.807, 2.05) is 54.6 Å². The monoisotopic (exact) mass is 277 g/mol. The lowest BCUT2D eigenvalue weighted by atomic mass is 10.0. The lowest BCUT2D eigenvalue weighted by Crippen LogP contribution is -2.21. The average molecular weight is 277 g/mol. The highest BCUT2D eigenvalue weighted by molar-refractivity contribution is 5.97. The Balaban J connectivity index is 2.17. The molecule has 0 bridgehead atoms. The first-order valence-electron chi connectivity index (χ1n) is 6.80. The Bertz CT molecular complexity index is 784. The Hall–Kier alpha value is -2.75. The Labute approximate surface area is 122 Å². The molecule has 2 aromatic carbocycles. The van der Waals surface area contributed by atoms with Gasteiger partial charge < -0.3 is 5.32 Å². The fraction of sp³-hybridized carbons (Fsp3) is 0.118. The van der Waals surface area contributed by atoms with Gasteiger partial charge in [-0.1, -0.05) is 54.6 Å². The number of carbonyl (C=O) groups is 1. The molecule has 0 unspecified atom stereocenters. The van der Waals surface area contributed by atoms with Gasteiger partial charge in [-0.05, 0) is 0 Å². The van der Waals surface area contributed by atoms with Crippen molar-refractivity contribution in [3.8, 4) is 11.3 Å². The van der Waals surface area contributed by atoms with E-state index < -0.39 is 0 Å². The maximum absolute atomic E-state index is 11.6. The van der Waals surface area contributed by atoms with E-state index in [9.17, 15) is 4.79 Å². The molecule has 0 spiro atoms. The van der Waals surface area contributed by atoms with Crippen molar-refractivity contribution in [3.05, 3.63) is 60.3 Å². The molecule has 1 N–H and O–H groups in total. The quantitative estimate of drug-likeness (QED) is 0.800. The zero-order valence-corrected chi connectivity index (χ0v) is 11.7. The third-order valence-electron chi connectivity index (χ3n) is 3.42. The predicted molar refractivity (Wildman–Crippen MR) is 82.7 cm³/mol. The fourth-order valence-corrected chi connectivity index (χ4v) is 2.34. The Kier molecular flexibility index (Phi) is 3.60. The van der Waals surface area contributed by atoms with Crippen LogP contribution in [0, 0.1) is 0 Å². The molecule has 0 fully saturated rings. The molecule has 0 aliphatic rings. The second-order valence-electron chi connectivity index (χ2n) is 4.76. The van der Waals surface area contributed by atoms with Gasteiger partial charge >= 0.3 is 0 Å². The zero-order valence-electron chi connectivity index (χ0n) is 11.7. The van der Waals surface area contributed by atoms with Gasteiger partial charge in [0.25, 0.3) is 0 Å². The van der Waals surface area contributed by atoms with E-state index in [0.717, 1.165) is 22.0 Å². The van der Waals surface area contributed by atoms with E-state index in [0.29, 0.717) is 5.69 Å². The molecule has 21 heavy (non-hydrogen) atoms. The maximum Gasteiger partial charge on any atom is 0.225 e. The van der Waals surface area contributed by atoms with Gasteiger partial charge in [0.2, 0.25) is 5.91 Å². The van der Waals surface area contributed by atoms with Gasteiger partial charge in [0, 0.05) is 23.4 Å². The summed E-state index contributed by atoms with van der Waals surface area (Å²) < 4.78 is 0. The van der Waals surface area contributed by atoms with Gasteiger partial charge in [0.05, 0.1) is 12.1 Å². The van der Waals surface area contributed by atoms with Crippen molar-refractivity contribution < 1.29 is 4.79 Å². The van der Waals surface area contributed by atoms with Crippen molar-refractivity contribution in [1.29, 1.82) is 0 Å². The first-order valence-corrected chi connectivity index (χ1v) is 6.80. The zero-order chi connectivity index (χ0) is 14.7. The van der Waals surface area contributed by atoms with Crippen LogP contribution in [-0.4, -0.2) is 23.2 Å². The third-order valence-corrected chi connectivity index (χ3v) is 3.42. The van der Waals surface area contributed by atoms with Crippen LogP contribution in [0.15, 0.2) is 54.6 Å². The molecule has 1 amide bonds. The lowest BCUT2D eigenvalue weighted by Gasteiger charge is -2.09. The molecule has 0 aliphatic carbocycles. The normalized spacial score (nSPS) is 10.5. The van der Waals surface area contributed by atoms with E-state index in [4.69, 9.17) is 0 Å². The lowest BCUT2D eigenvalue weighted by molar-refractivity contribution is -0.120. The molecule has 0 radical (unpaired) electrons. The van der Waals surface area contributed by atoms with Crippen LogP contribution in [0.5, 0.6) is 0 Å². The average Bonchev–Trinajstić information content (AvgIpc) is 2.56. The van der Waals surface area contributed by atoms with Crippen LogP contribution >= 0.6 is 0 Å². The highest BCUT2D eigenvalue weighted by Gasteiger charge is 2.12. The summed E-state index contributed by atoms with van der Waals surface area (Å²) in [6.45, 7) is 0. The number of nitrogens with zero attached hydrogens (tertiary/aromatic N) is 2. The number of amides is 1. The van der Waals surface area contributed by atoms with E-state index in [-0.39, 0.29) is 12.3 Å². The van der Waals surface area contributed by atoms with Gasteiger partial charge in [0.15, 0.2) is 0 Å². The number of nitrogens with one attached hydrogen (secondary N) is 1. The molecule has 0 saturated carbocycles. The van der Waals surface area contributed by atoms with E-state index in [1.54, 1.807) is 7.05 Å². The van der Waals surface area contributed by atoms with Gasteiger partial charge in [-0.2, -0.15) is 5.10 Å². The van der Waals surface area contributed by atoms with E-state index in [2.05, 4.69) is 15.5 Å². The van der Waals surface area contributed by atoms with Crippen molar-refractivity contribution in [3.63, 3.8) is 0 Å². The smallest absolute Gasteiger partial charge is 0.225 e. The second kappa shape index (κ2) is 5.71. The standard InChI is InChI=1S/C17H15N3O/c1-18-16(21)11-15-13-9-5-6-10-14(13)17(20-19-15)12-7-3-2-4-8-12/h2-10H,11H2,1H3,(H,18,21). The van der Waals surface area contributed by atoms with Gasteiger partial charge in [-0.3, -0.25) is 4.79 Å². The summed E-state index contributed by atoms with van der Waals surface area (Å²) in [6.07, 6.45) is 0.235. The Morgan fingerprint density at radius 2 is 1.62 bits per heavy atom. The molecule has 4 nitrogen and oxygen atoms in total. The molecule has 0 saturated heterocycles. The summed E-state index contributed by atoms with van der Waals surface area (Å²) in [5.74, 6) is -0.0677. The van der Waals surface area contributed by atoms with Crippen LogP contribution in [0.25, 0.3) is 22.0 Å². The molecule has 1 heterocycles. The van der Waals surface area contributed by atoms with Gasteiger partial charge in [-0.25, -0.2) is 0 Å². The fourth-order valence-electron chi connectivity index (χ4n) is 2.34. The van der Waals surface area contributed by atoms with Crippen molar-refractivity contribution in [2.75, 3.05) is 7.05 Å². The highest BCUT2D eigenvalue weighted by Crippen LogP contribution is 2.27. The van der Waals surface area contributed by atoms with Crippen molar-refractivity contribution in [2.24, 2.45) is 0 Å². The van der Waals surface area contributed by atoms with Crippen LogP contribution in [0.1, 0.15) is 5.69 Å². The third kappa shape index (κ3) is 2.60. The summed E-state index contributed by atoms with van der Waals surface area (Å²) >= 11 is 0. The molecule has 0 atom stereocenters. The second-order valence-corrected chi connectivity index (χ2v) is 4.76. The minimum Gasteiger partial charge on any atom is -0.359 e. The molecule has 0 aliphatic heterocycles. The largest absolute Gasteiger partial charge is 0.359 e.